The fourth-order valence-electron chi connectivity index (χ4n) is 12.4. The van der Waals surface area contributed by atoms with Crippen molar-refractivity contribution in [3.8, 4) is 11.5 Å². The molecule has 6 aromatic carbocycles. The van der Waals surface area contributed by atoms with E-state index in [1.165, 1.54) is 50.1 Å². The monoisotopic (exact) mass is 1220 g/mol. The van der Waals surface area contributed by atoms with Crippen LogP contribution in [0.15, 0.2) is 109 Å². The summed E-state index contributed by atoms with van der Waals surface area (Å²) in [4.78, 5) is 0. The number of rotatable bonds is 0. The molecule has 0 aromatic heterocycles. The lowest BCUT2D eigenvalue weighted by atomic mass is 9.48. The Bertz CT molecular complexity index is 3500. The molecule has 6 aliphatic heterocycles. The Kier molecular flexibility index (Phi) is 21.3. The summed E-state index contributed by atoms with van der Waals surface area (Å²) in [7, 11) is -2.15. The van der Waals surface area contributed by atoms with Crippen LogP contribution in [0.5, 0.6) is 11.5 Å². The highest BCUT2D eigenvalue weighted by Crippen LogP contribution is 2.43. The van der Waals surface area contributed by atoms with Gasteiger partial charge in [-0.2, -0.15) is 0 Å². The first-order valence-electron chi connectivity index (χ1n) is 33.0. The van der Waals surface area contributed by atoms with Gasteiger partial charge in [0.25, 0.3) is 0 Å². The molecule has 6 aromatic rings. The van der Waals surface area contributed by atoms with Gasteiger partial charge in [-0.25, -0.2) is 0 Å². The van der Waals surface area contributed by atoms with Crippen LogP contribution in [0, 0.1) is 0 Å². The Morgan fingerprint density at radius 2 is 0.844 bits per heavy atom. The van der Waals surface area contributed by atoms with Gasteiger partial charge in [0, 0.05) is 11.6 Å². The van der Waals surface area contributed by atoms with Gasteiger partial charge >= 0.3 is 42.1 Å². The summed E-state index contributed by atoms with van der Waals surface area (Å²) in [5.74, 6) is 1.91. The van der Waals surface area contributed by atoms with Crippen molar-refractivity contribution in [3.63, 3.8) is 0 Å². The van der Waals surface area contributed by atoms with Gasteiger partial charge in [0.15, 0.2) is 0 Å². The standard InChI is InChI=1S/2C14H21BO.C13H19BO2.C12H17BO.2C11H15BO2/c1-13(2,3)10-7-8-11-12(9-10)16-15(6)14(11,4)5;1-13(2,3)10-6-7-11-12(8-10)15(16)9-14(11,4)5;1-12(2,3)9-6-7-11-10(8-9)13(4,5)16-14(11)15;1-12(2,3)10-5-4-9-6-7-13(14)11(9)8-10;1-11(2,3)9-4-5-10-8(6-9)7-14-12(10)13;1-11(2,3)9-5-4-8-7-12(13)14-10(8)6-9/h7-9H,1-6H3;6-8,16H,9H2,1-5H3;6-8,15H,1-5H3;4-5,8,14H,6-7H2,1-3H3;2*4-6,13H,7H2,1-3H3. The molecule has 0 radical (unpaired) electrons. The van der Waals surface area contributed by atoms with E-state index >= 15 is 0 Å². The van der Waals surface area contributed by atoms with Gasteiger partial charge in [-0.3, -0.25) is 0 Å². The van der Waals surface area contributed by atoms with Crippen molar-refractivity contribution in [3.05, 3.63) is 176 Å². The molecule has 90 heavy (non-hydrogen) atoms. The Morgan fingerprint density at radius 3 is 1.39 bits per heavy atom. The first-order valence-corrected chi connectivity index (χ1v) is 33.0. The van der Waals surface area contributed by atoms with Gasteiger partial charge in [-0.1, -0.05) is 255 Å². The lowest BCUT2D eigenvalue weighted by Crippen LogP contribution is -2.33. The molecular weight excluding hydrogens is 1110 g/mol. The molecule has 5 N–H and O–H groups in total. The van der Waals surface area contributed by atoms with E-state index in [2.05, 4.69) is 244 Å². The second-order valence-electron chi connectivity index (χ2n) is 34.0. The van der Waals surface area contributed by atoms with E-state index in [1.54, 1.807) is 0 Å². The molecule has 0 aliphatic carbocycles. The average Bonchev–Trinajstić information content (AvgIpc) is 1.67. The molecule has 6 aliphatic rings. The summed E-state index contributed by atoms with van der Waals surface area (Å²) in [5.41, 5.74) is 19.8. The van der Waals surface area contributed by atoms with E-state index < -0.39 is 27.0 Å². The molecule has 0 saturated heterocycles. The number of hydrogen-bond acceptors (Lipinski definition) is 9. The minimum atomic E-state index is -0.779. The maximum absolute atomic E-state index is 10.1. The Labute approximate surface area is 546 Å². The normalized spacial score (nSPS) is 17.2. The zero-order valence-electron chi connectivity index (χ0n) is 59.8. The van der Waals surface area contributed by atoms with Gasteiger partial charge in [-0.15, -0.1) is 0 Å². The number of aryl methyl sites for hydroxylation is 1. The number of benzene rings is 6. The number of hydrogen-bond donors (Lipinski definition) is 5. The van der Waals surface area contributed by atoms with Crippen LogP contribution in [0.3, 0.4) is 0 Å². The first-order chi connectivity index (χ1) is 41.1. The molecule has 0 atom stereocenters. The summed E-state index contributed by atoms with van der Waals surface area (Å²) >= 11 is 0. The lowest BCUT2D eigenvalue weighted by molar-refractivity contribution is 0.101. The smallest absolute Gasteiger partial charge is 0.527 e. The molecule has 9 nitrogen and oxygen atoms in total. The third kappa shape index (κ3) is 17.0. The largest absolute Gasteiger partial charge is 0.560 e. The fourth-order valence-corrected chi connectivity index (χ4v) is 12.4. The van der Waals surface area contributed by atoms with Gasteiger partial charge in [0.2, 0.25) is 0 Å². The molecule has 480 valence electrons. The van der Waals surface area contributed by atoms with Gasteiger partial charge < -0.3 is 43.7 Å². The van der Waals surface area contributed by atoms with E-state index in [-0.39, 0.29) is 64.0 Å². The third-order valence-corrected chi connectivity index (χ3v) is 19.1. The van der Waals surface area contributed by atoms with Gasteiger partial charge in [0.1, 0.15) is 11.5 Å². The summed E-state index contributed by atoms with van der Waals surface area (Å²) < 4.78 is 21.9. The van der Waals surface area contributed by atoms with Crippen LogP contribution in [-0.4, -0.2) is 67.2 Å². The summed E-state index contributed by atoms with van der Waals surface area (Å²) in [5, 5.41) is 48.6. The van der Waals surface area contributed by atoms with Crippen LogP contribution in [-0.2, 0) is 77.5 Å². The molecule has 0 saturated carbocycles. The lowest BCUT2D eigenvalue weighted by Gasteiger charge is -2.24. The highest BCUT2D eigenvalue weighted by atomic mass is 16.5. The molecule has 12 rings (SSSR count). The topological polar surface area (TPSA) is 138 Å². The van der Waals surface area contributed by atoms with E-state index in [4.69, 9.17) is 18.6 Å². The molecule has 6 heterocycles. The highest BCUT2D eigenvalue weighted by molar-refractivity contribution is 6.69. The first kappa shape index (κ1) is 72.5. The average molecular weight is 1220 g/mol. The zero-order valence-corrected chi connectivity index (χ0v) is 59.8. The summed E-state index contributed by atoms with van der Waals surface area (Å²) in [6.45, 7) is 54.9. The predicted molar refractivity (Wildman–Crippen MR) is 384 cm³/mol. The van der Waals surface area contributed by atoms with Crippen LogP contribution in [0.1, 0.15) is 233 Å². The van der Waals surface area contributed by atoms with Crippen LogP contribution in [0.4, 0.5) is 0 Å². The zero-order chi connectivity index (χ0) is 67.4. The van der Waals surface area contributed by atoms with E-state index in [1.807, 2.05) is 38.1 Å². The van der Waals surface area contributed by atoms with Gasteiger partial charge in [0.05, 0.1) is 12.2 Å². The van der Waals surface area contributed by atoms with Gasteiger partial charge in [-0.05, 0) is 173 Å². The Balaban J connectivity index is 0.000000154. The maximum atomic E-state index is 10.1. The highest BCUT2D eigenvalue weighted by Gasteiger charge is 2.44. The minimum Gasteiger partial charge on any atom is -0.560 e. The Morgan fingerprint density at radius 1 is 0.400 bits per heavy atom. The Hall–Kier alpha value is -4.97. The fraction of sp³-hybridized carbons (Fsp3) is 0.520. The van der Waals surface area contributed by atoms with Crippen molar-refractivity contribution in [2.75, 3.05) is 0 Å². The van der Waals surface area contributed by atoms with Crippen molar-refractivity contribution < 1.29 is 43.7 Å². The molecule has 15 heteroatoms. The van der Waals surface area contributed by atoms with Crippen molar-refractivity contribution in [1.29, 1.82) is 0 Å². The van der Waals surface area contributed by atoms with Crippen LogP contribution >= 0.6 is 0 Å². The molecule has 0 spiro atoms. The van der Waals surface area contributed by atoms with E-state index in [0.717, 1.165) is 69.1 Å². The maximum Gasteiger partial charge on any atom is 0.527 e. The second-order valence-corrected chi connectivity index (χ2v) is 34.0. The van der Waals surface area contributed by atoms with E-state index in [0.29, 0.717) is 12.9 Å². The number of fused-ring (bicyclic) bond motifs is 6. The summed E-state index contributed by atoms with van der Waals surface area (Å²) in [6.07, 6.45) is 3.37. The third-order valence-electron chi connectivity index (χ3n) is 19.1. The van der Waals surface area contributed by atoms with Crippen molar-refractivity contribution >= 4 is 64.0 Å². The second kappa shape index (κ2) is 26.4. The van der Waals surface area contributed by atoms with Crippen LogP contribution < -0.4 is 31.2 Å². The summed E-state index contributed by atoms with van der Waals surface area (Å²) in [6, 6.07) is 38.4. The molecule has 0 amide bonds. The van der Waals surface area contributed by atoms with Crippen molar-refractivity contribution in [2.45, 2.75) is 254 Å². The molecular formula is C75H108B6O9. The van der Waals surface area contributed by atoms with Crippen molar-refractivity contribution in [1.82, 2.24) is 0 Å². The minimum absolute atomic E-state index is 0.116. The molecule has 0 fully saturated rings. The van der Waals surface area contributed by atoms with Crippen LogP contribution in [0.25, 0.3) is 0 Å². The SMILES string of the molecule is CB1Oc2cc(C(C)(C)C)ccc2C1(C)C.CC(C)(C)c1ccc2c(c1)B(O)CC2.CC(C)(C)c1ccc2c(c1)B(O)CC2(C)C.CC(C)(C)c1ccc2c(c1)C(C)(C)OB2O.CC(C)(C)c1ccc2c(c1)COB2O.CC(C)(C)c1ccc2c(c1)OB(O)C2. The van der Waals surface area contributed by atoms with Crippen molar-refractivity contribution in [2.24, 2.45) is 0 Å². The van der Waals surface area contributed by atoms with E-state index in [9.17, 15) is 25.1 Å². The molecule has 0 bridgehead atoms. The van der Waals surface area contributed by atoms with Crippen LogP contribution in [0.2, 0.25) is 19.5 Å². The molecule has 0 unspecified atom stereocenters. The quantitative estimate of drug-likeness (QED) is 0.0941. The predicted octanol–water partition coefficient (Wildman–Crippen LogP) is 13.1.